The van der Waals surface area contributed by atoms with Crippen LogP contribution in [-0.2, 0) is 16.0 Å². The molecule has 2 aliphatic heterocycles. The van der Waals surface area contributed by atoms with Gasteiger partial charge in [-0.1, -0.05) is 29.3 Å². The van der Waals surface area contributed by atoms with Crippen LogP contribution in [0, 0.1) is 5.82 Å². The Morgan fingerprint density at radius 1 is 0.963 bits per heavy atom. The summed E-state index contributed by atoms with van der Waals surface area (Å²) >= 11 is 12.1. The van der Waals surface area contributed by atoms with Gasteiger partial charge in [0.25, 0.3) is 0 Å². The van der Waals surface area contributed by atoms with Gasteiger partial charge in [0.1, 0.15) is 17.7 Å². The van der Waals surface area contributed by atoms with Gasteiger partial charge < -0.3 is 14.2 Å². The van der Waals surface area contributed by atoms with Crippen LogP contribution in [0.5, 0.6) is 5.75 Å². The Morgan fingerprint density at radius 2 is 1.63 bits per heavy atom. The average Bonchev–Trinajstić information content (AvgIpc) is 2.94. The summed E-state index contributed by atoms with van der Waals surface area (Å²) in [5.41, 5.74) is 1.11. The van der Waals surface area contributed by atoms with Crippen molar-refractivity contribution in [3.63, 3.8) is 0 Å². The van der Waals surface area contributed by atoms with Crippen LogP contribution in [0.15, 0.2) is 42.5 Å². The van der Waals surface area contributed by atoms with Crippen LogP contribution in [0.25, 0.3) is 0 Å². The van der Waals surface area contributed by atoms with Gasteiger partial charge in [-0.3, -0.25) is 4.90 Å². The highest BCUT2D eigenvalue weighted by Gasteiger charge is 2.37. The Hall–Kier alpha value is -1.37. The van der Waals surface area contributed by atoms with Gasteiger partial charge in [-0.25, -0.2) is 4.39 Å². The first-order valence-electron chi connectivity index (χ1n) is 8.88. The molecule has 27 heavy (non-hydrogen) atoms. The second-order valence-corrected chi connectivity index (χ2v) is 7.69. The summed E-state index contributed by atoms with van der Waals surface area (Å²) in [6, 6.07) is 11.7. The van der Waals surface area contributed by atoms with Crippen LogP contribution in [0.4, 0.5) is 4.39 Å². The van der Waals surface area contributed by atoms with Gasteiger partial charge >= 0.3 is 0 Å². The third-order valence-corrected chi connectivity index (χ3v) is 5.53. The van der Waals surface area contributed by atoms with E-state index in [9.17, 15) is 4.39 Å². The van der Waals surface area contributed by atoms with Crippen molar-refractivity contribution in [2.75, 3.05) is 26.3 Å². The largest absolute Gasteiger partial charge is 0.486 e. The van der Waals surface area contributed by atoms with Crippen LogP contribution >= 0.6 is 23.2 Å². The van der Waals surface area contributed by atoms with Gasteiger partial charge in [0, 0.05) is 19.6 Å². The molecule has 0 saturated carbocycles. The Balaban J connectivity index is 1.31. The number of likely N-dealkylation sites (tertiary alicyclic amines) is 1. The summed E-state index contributed by atoms with van der Waals surface area (Å²) in [7, 11) is 0. The SMILES string of the molecule is Fc1ccc(OC2CO[C@H]3CN(Cc4ccc(Cl)c(Cl)c4)C[C@@H]3OC2)cc1. The standard InChI is InChI=1S/C20H20Cl2FNO3/c21-17-6-1-13(7-18(17)22)8-24-9-19-20(10-24)26-12-16(11-25-19)27-15-4-2-14(23)3-5-15/h1-7,16,19-20H,8-12H2/t19-,20-/m0/s1. The minimum atomic E-state index is -0.285. The molecule has 0 amide bonds. The number of halogens is 3. The zero-order chi connectivity index (χ0) is 18.8. The fraction of sp³-hybridized carbons (Fsp3) is 0.400. The molecule has 2 heterocycles. The number of hydrogen-bond acceptors (Lipinski definition) is 4. The van der Waals surface area contributed by atoms with Crippen molar-refractivity contribution in [3.8, 4) is 5.75 Å². The first-order valence-corrected chi connectivity index (χ1v) is 9.64. The molecule has 2 aliphatic rings. The van der Waals surface area contributed by atoms with E-state index in [1.807, 2.05) is 18.2 Å². The molecular weight excluding hydrogens is 392 g/mol. The zero-order valence-electron chi connectivity index (χ0n) is 14.6. The number of hydrogen-bond donors (Lipinski definition) is 0. The second kappa shape index (κ2) is 8.33. The van der Waals surface area contributed by atoms with E-state index in [0.717, 1.165) is 25.2 Å². The van der Waals surface area contributed by atoms with Crippen LogP contribution in [-0.4, -0.2) is 49.5 Å². The lowest BCUT2D eigenvalue weighted by Crippen LogP contribution is -2.29. The van der Waals surface area contributed by atoms with Crippen LogP contribution in [0.1, 0.15) is 5.56 Å². The third kappa shape index (κ3) is 4.73. The van der Waals surface area contributed by atoms with Gasteiger partial charge in [0.2, 0.25) is 0 Å². The van der Waals surface area contributed by atoms with E-state index >= 15 is 0 Å². The van der Waals surface area contributed by atoms with Crippen molar-refractivity contribution in [1.29, 1.82) is 0 Å². The molecule has 0 N–H and O–H groups in total. The molecule has 0 unspecified atom stereocenters. The molecule has 7 heteroatoms. The Morgan fingerprint density at radius 3 is 2.26 bits per heavy atom. The van der Waals surface area contributed by atoms with Gasteiger partial charge in [0.15, 0.2) is 0 Å². The Bertz CT molecular complexity index is 773. The lowest BCUT2D eigenvalue weighted by Gasteiger charge is -2.19. The van der Waals surface area contributed by atoms with Crippen molar-refractivity contribution >= 4 is 23.2 Å². The topological polar surface area (TPSA) is 30.9 Å². The first-order chi connectivity index (χ1) is 13.1. The monoisotopic (exact) mass is 411 g/mol. The molecule has 2 atom stereocenters. The zero-order valence-corrected chi connectivity index (χ0v) is 16.1. The molecule has 2 fully saturated rings. The maximum Gasteiger partial charge on any atom is 0.145 e. The maximum absolute atomic E-state index is 13.0. The molecule has 0 bridgehead atoms. The molecule has 4 rings (SSSR count). The number of ether oxygens (including phenoxy) is 3. The van der Waals surface area contributed by atoms with E-state index in [1.54, 1.807) is 12.1 Å². The van der Waals surface area contributed by atoms with Crippen LogP contribution < -0.4 is 4.74 Å². The highest BCUT2D eigenvalue weighted by molar-refractivity contribution is 6.42. The number of fused-ring (bicyclic) bond motifs is 1. The van der Waals surface area contributed by atoms with Crippen LogP contribution in [0.2, 0.25) is 10.0 Å². The molecule has 2 saturated heterocycles. The summed E-state index contributed by atoms with van der Waals surface area (Å²) in [6.45, 7) is 3.23. The summed E-state index contributed by atoms with van der Waals surface area (Å²) < 4.78 is 30.9. The van der Waals surface area contributed by atoms with Gasteiger partial charge in [-0.05, 0) is 42.0 Å². The lowest BCUT2D eigenvalue weighted by molar-refractivity contribution is -0.00461. The predicted molar refractivity (Wildman–Crippen MR) is 102 cm³/mol. The van der Waals surface area contributed by atoms with E-state index in [2.05, 4.69) is 4.90 Å². The van der Waals surface area contributed by atoms with E-state index < -0.39 is 0 Å². The minimum absolute atomic E-state index is 0.00888. The predicted octanol–water partition coefficient (Wildman–Crippen LogP) is 4.18. The van der Waals surface area contributed by atoms with Crippen molar-refractivity contribution in [3.05, 3.63) is 63.9 Å². The minimum Gasteiger partial charge on any atom is -0.486 e. The maximum atomic E-state index is 13.0. The van der Waals surface area contributed by atoms with Crippen molar-refractivity contribution in [2.45, 2.75) is 24.9 Å². The number of rotatable bonds is 4. The number of nitrogens with zero attached hydrogens (tertiary/aromatic N) is 1. The third-order valence-electron chi connectivity index (χ3n) is 4.79. The number of benzene rings is 2. The highest BCUT2D eigenvalue weighted by Crippen LogP contribution is 2.26. The summed E-state index contributed by atoms with van der Waals surface area (Å²) in [4.78, 5) is 2.29. The average molecular weight is 412 g/mol. The fourth-order valence-corrected chi connectivity index (χ4v) is 3.77. The van der Waals surface area contributed by atoms with Crippen molar-refractivity contribution in [1.82, 2.24) is 4.90 Å². The quantitative estimate of drug-likeness (QED) is 0.754. The van der Waals surface area contributed by atoms with Gasteiger partial charge in [-0.15, -0.1) is 0 Å². The molecular formula is C20H20Cl2FNO3. The molecule has 4 nitrogen and oxygen atoms in total. The van der Waals surface area contributed by atoms with Crippen molar-refractivity contribution in [2.24, 2.45) is 0 Å². The van der Waals surface area contributed by atoms with Crippen molar-refractivity contribution < 1.29 is 18.6 Å². The fourth-order valence-electron chi connectivity index (χ4n) is 3.45. The molecule has 0 spiro atoms. The first kappa shape index (κ1) is 19.0. The summed E-state index contributed by atoms with van der Waals surface area (Å²) in [5, 5.41) is 1.13. The second-order valence-electron chi connectivity index (χ2n) is 6.88. The normalized spacial score (nSPS) is 23.8. The smallest absolute Gasteiger partial charge is 0.145 e. The summed E-state index contributed by atoms with van der Waals surface area (Å²) in [6.07, 6.45) is -0.186. The highest BCUT2D eigenvalue weighted by atomic mass is 35.5. The van der Waals surface area contributed by atoms with Crippen LogP contribution in [0.3, 0.4) is 0 Å². The van der Waals surface area contributed by atoms with Gasteiger partial charge in [0.05, 0.1) is 35.5 Å². The summed E-state index contributed by atoms with van der Waals surface area (Å²) in [5.74, 6) is 0.328. The Kier molecular flexibility index (Phi) is 5.85. The molecule has 0 aromatic heterocycles. The van der Waals surface area contributed by atoms with E-state index in [0.29, 0.717) is 29.0 Å². The van der Waals surface area contributed by atoms with Gasteiger partial charge in [-0.2, -0.15) is 0 Å². The molecule has 0 aliphatic carbocycles. The van der Waals surface area contributed by atoms with E-state index in [1.165, 1.54) is 12.1 Å². The van der Waals surface area contributed by atoms with E-state index in [-0.39, 0.29) is 24.1 Å². The Labute approximate surface area is 167 Å². The molecule has 2 aromatic rings. The molecule has 144 valence electrons. The van der Waals surface area contributed by atoms with E-state index in [4.69, 9.17) is 37.4 Å². The lowest BCUT2D eigenvalue weighted by atomic mass is 10.2. The molecule has 2 aromatic carbocycles. The molecule has 0 radical (unpaired) electrons.